The van der Waals surface area contributed by atoms with Gasteiger partial charge in [-0.05, 0) is 67.7 Å². The van der Waals surface area contributed by atoms with Crippen molar-refractivity contribution < 1.29 is 22.7 Å². The molecule has 0 bridgehead atoms. The van der Waals surface area contributed by atoms with Gasteiger partial charge < -0.3 is 14.5 Å². The number of nitrogens with zero attached hydrogens (tertiary/aromatic N) is 2. The minimum atomic E-state index is -4.38. The molecule has 166 valence electrons. The molecular weight excluding hydrogens is 405 g/mol. The van der Waals surface area contributed by atoms with Gasteiger partial charge in [-0.1, -0.05) is 18.2 Å². The van der Waals surface area contributed by atoms with Crippen LogP contribution >= 0.6 is 0 Å². The second-order valence-corrected chi connectivity index (χ2v) is 8.44. The van der Waals surface area contributed by atoms with E-state index in [0.29, 0.717) is 30.0 Å². The van der Waals surface area contributed by atoms with Crippen molar-refractivity contribution >= 4 is 5.91 Å². The molecule has 2 aliphatic heterocycles. The second kappa shape index (κ2) is 8.91. The molecule has 4 nitrogen and oxygen atoms in total. The van der Waals surface area contributed by atoms with Gasteiger partial charge in [0.1, 0.15) is 5.75 Å². The van der Waals surface area contributed by atoms with E-state index in [0.717, 1.165) is 38.5 Å². The molecule has 0 spiro atoms. The molecule has 2 aromatic carbocycles. The summed E-state index contributed by atoms with van der Waals surface area (Å²) in [5.41, 5.74) is 0.583. The average molecular weight is 432 g/mol. The zero-order valence-electron chi connectivity index (χ0n) is 17.6. The Morgan fingerprint density at radius 2 is 1.77 bits per heavy atom. The highest BCUT2D eigenvalue weighted by atomic mass is 19.4. The zero-order valence-corrected chi connectivity index (χ0v) is 17.6. The second-order valence-electron chi connectivity index (χ2n) is 8.44. The molecule has 1 amide bonds. The van der Waals surface area contributed by atoms with Gasteiger partial charge >= 0.3 is 6.18 Å². The lowest BCUT2D eigenvalue weighted by atomic mass is 9.87. The van der Waals surface area contributed by atoms with Crippen molar-refractivity contribution in [3.05, 3.63) is 65.2 Å². The van der Waals surface area contributed by atoms with Crippen LogP contribution in [0.4, 0.5) is 13.2 Å². The Morgan fingerprint density at radius 3 is 2.42 bits per heavy atom. The minimum Gasteiger partial charge on any atom is -0.497 e. The largest absolute Gasteiger partial charge is 0.497 e. The van der Waals surface area contributed by atoms with Crippen LogP contribution in [-0.4, -0.2) is 55.5 Å². The van der Waals surface area contributed by atoms with Crippen LogP contribution in [0, 0.1) is 5.92 Å². The van der Waals surface area contributed by atoms with Crippen molar-refractivity contribution in [3.63, 3.8) is 0 Å². The minimum absolute atomic E-state index is 0.0939. The van der Waals surface area contributed by atoms with Crippen LogP contribution in [0.2, 0.25) is 0 Å². The Morgan fingerprint density at radius 1 is 1.06 bits per heavy atom. The van der Waals surface area contributed by atoms with Gasteiger partial charge in [0.25, 0.3) is 5.91 Å². The SMILES string of the molecule is COc1ccc(C(=O)N2C[C@@H](CN3CCCC3)[C@H](c3cccc(C(F)(F)F)c3)C2)cc1. The summed E-state index contributed by atoms with van der Waals surface area (Å²) in [7, 11) is 1.57. The van der Waals surface area contributed by atoms with Crippen LogP contribution in [0.5, 0.6) is 5.75 Å². The van der Waals surface area contributed by atoms with Crippen LogP contribution in [0.15, 0.2) is 48.5 Å². The molecule has 7 heteroatoms. The third kappa shape index (κ3) is 4.87. The molecule has 2 saturated heterocycles. The predicted molar refractivity (Wildman–Crippen MR) is 112 cm³/mol. The summed E-state index contributed by atoms with van der Waals surface area (Å²) in [6.07, 6.45) is -2.08. The number of hydrogen-bond acceptors (Lipinski definition) is 3. The molecule has 2 heterocycles. The number of carbonyl (C=O) groups excluding carboxylic acids is 1. The monoisotopic (exact) mass is 432 g/mol. The van der Waals surface area contributed by atoms with E-state index in [-0.39, 0.29) is 17.7 Å². The molecule has 2 aliphatic rings. The molecule has 31 heavy (non-hydrogen) atoms. The quantitative estimate of drug-likeness (QED) is 0.689. The molecule has 0 aliphatic carbocycles. The Balaban J connectivity index is 1.58. The first-order valence-corrected chi connectivity index (χ1v) is 10.7. The van der Waals surface area contributed by atoms with E-state index in [2.05, 4.69) is 4.90 Å². The number of amides is 1. The predicted octanol–water partition coefficient (Wildman–Crippen LogP) is 4.67. The van der Waals surface area contributed by atoms with E-state index in [1.165, 1.54) is 12.1 Å². The summed E-state index contributed by atoms with van der Waals surface area (Å²) in [5, 5.41) is 0. The summed E-state index contributed by atoms with van der Waals surface area (Å²) in [4.78, 5) is 17.3. The van der Waals surface area contributed by atoms with E-state index >= 15 is 0 Å². The number of carbonyl (C=O) groups is 1. The Bertz CT molecular complexity index is 908. The zero-order chi connectivity index (χ0) is 22.0. The van der Waals surface area contributed by atoms with E-state index in [1.54, 1.807) is 42.3 Å². The fourth-order valence-electron chi connectivity index (χ4n) is 4.76. The first-order chi connectivity index (χ1) is 14.8. The Kier molecular flexibility index (Phi) is 6.23. The summed E-state index contributed by atoms with van der Waals surface area (Å²) in [6, 6.07) is 12.5. The lowest BCUT2D eigenvalue weighted by molar-refractivity contribution is -0.137. The van der Waals surface area contributed by atoms with E-state index < -0.39 is 11.7 Å². The maximum atomic E-state index is 13.3. The molecule has 0 radical (unpaired) electrons. The number of ether oxygens (including phenoxy) is 1. The van der Waals surface area contributed by atoms with Crippen LogP contribution in [0.3, 0.4) is 0 Å². The highest BCUT2D eigenvalue weighted by molar-refractivity contribution is 5.94. The van der Waals surface area contributed by atoms with Gasteiger partial charge in [0.05, 0.1) is 12.7 Å². The van der Waals surface area contributed by atoms with Crippen molar-refractivity contribution in [2.24, 2.45) is 5.92 Å². The first kappa shape index (κ1) is 21.7. The number of benzene rings is 2. The summed E-state index contributed by atoms with van der Waals surface area (Å²) in [5.74, 6) is 0.559. The van der Waals surface area contributed by atoms with Crippen LogP contribution in [0.1, 0.15) is 40.2 Å². The average Bonchev–Trinajstić information content (AvgIpc) is 3.43. The topological polar surface area (TPSA) is 32.8 Å². The summed E-state index contributed by atoms with van der Waals surface area (Å²) >= 11 is 0. The standard InChI is InChI=1S/C24H27F3N2O2/c1-31-21-9-7-17(8-10-21)23(30)29-15-19(14-28-11-2-3-12-28)22(16-29)18-5-4-6-20(13-18)24(25,26)27/h4-10,13,19,22H,2-3,11-12,14-16H2,1H3/t19-,22+/m1/s1. The molecular formula is C24H27F3N2O2. The Labute approximate surface area is 180 Å². The molecule has 0 N–H and O–H groups in total. The van der Waals surface area contributed by atoms with E-state index in [4.69, 9.17) is 4.74 Å². The molecule has 0 unspecified atom stereocenters. The first-order valence-electron chi connectivity index (χ1n) is 10.7. The van der Waals surface area contributed by atoms with Gasteiger partial charge in [0.15, 0.2) is 0 Å². The van der Waals surface area contributed by atoms with Gasteiger partial charge in [-0.2, -0.15) is 13.2 Å². The number of hydrogen-bond donors (Lipinski definition) is 0. The van der Waals surface area contributed by atoms with Gasteiger partial charge in [-0.15, -0.1) is 0 Å². The lowest BCUT2D eigenvalue weighted by Gasteiger charge is -2.24. The van der Waals surface area contributed by atoms with Crippen molar-refractivity contribution in [1.82, 2.24) is 9.80 Å². The smallest absolute Gasteiger partial charge is 0.416 e. The number of likely N-dealkylation sites (tertiary alicyclic amines) is 2. The van der Waals surface area contributed by atoms with Crippen LogP contribution < -0.4 is 4.74 Å². The maximum Gasteiger partial charge on any atom is 0.416 e. The number of methoxy groups -OCH3 is 1. The van der Waals surface area contributed by atoms with Gasteiger partial charge in [0, 0.05) is 31.1 Å². The summed E-state index contributed by atoms with van der Waals surface area (Å²) in [6.45, 7) is 3.79. The van der Waals surface area contributed by atoms with Crippen LogP contribution in [0.25, 0.3) is 0 Å². The van der Waals surface area contributed by atoms with Crippen molar-refractivity contribution in [1.29, 1.82) is 0 Å². The van der Waals surface area contributed by atoms with Crippen molar-refractivity contribution in [2.45, 2.75) is 24.9 Å². The van der Waals surface area contributed by atoms with E-state index in [1.807, 2.05) is 0 Å². The van der Waals surface area contributed by atoms with Crippen LogP contribution in [-0.2, 0) is 6.18 Å². The van der Waals surface area contributed by atoms with E-state index in [9.17, 15) is 18.0 Å². The molecule has 2 atom stereocenters. The molecule has 2 aromatic rings. The molecule has 0 saturated carbocycles. The molecule has 0 aromatic heterocycles. The van der Waals surface area contributed by atoms with Gasteiger partial charge in [0.2, 0.25) is 0 Å². The molecule has 4 rings (SSSR count). The fraction of sp³-hybridized carbons (Fsp3) is 0.458. The van der Waals surface area contributed by atoms with Gasteiger partial charge in [-0.3, -0.25) is 4.79 Å². The maximum absolute atomic E-state index is 13.3. The van der Waals surface area contributed by atoms with Crippen molar-refractivity contribution in [3.8, 4) is 5.75 Å². The normalized spacial score (nSPS) is 22.1. The number of alkyl halides is 3. The highest BCUT2D eigenvalue weighted by Crippen LogP contribution is 2.37. The number of halogens is 3. The fourth-order valence-corrected chi connectivity index (χ4v) is 4.76. The summed E-state index contributed by atoms with van der Waals surface area (Å²) < 4.78 is 45.0. The third-order valence-corrected chi connectivity index (χ3v) is 6.40. The highest BCUT2D eigenvalue weighted by Gasteiger charge is 2.39. The van der Waals surface area contributed by atoms with Crippen molar-refractivity contribution in [2.75, 3.05) is 39.8 Å². The molecule has 2 fully saturated rings. The number of rotatable bonds is 5. The Hall–Kier alpha value is -2.54. The van der Waals surface area contributed by atoms with Gasteiger partial charge in [-0.25, -0.2) is 0 Å². The third-order valence-electron chi connectivity index (χ3n) is 6.40. The lowest BCUT2D eigenvalue weighted by Crippen LogP contribution is -2.32.